The van der Waals surface area contributed by atoms with E-state index in [1.807, 2.05) is 4.90 Å². The van der Waals surface area contributed by atoms with Gasteiger partial charge in [0.2, 0.25) is 5.91 Å². The Morgan fingerprint density at radius 3 is 2.22 bits per heavy atom. The third-order valence-corrected chi connectivity index (χ3v) is 5.35. The molecule has 1 amide bonds. The Morgan fingerprint density at radius 2 is 1.70 bits per heavy atom. The molecule has 1 aliphatic rings. The van der Waals surface area contributed by atoms with Crippen LogP contribution < -0.4 is 0 Å². The van der Waals surface area contributed by atoms with Crippen molar-refractivity contribution in [1.82, 2.24) is 14.7 Å². The number of halogens is 1. The summed E-state index contributed by atoms with van der Waals surface area (Å²) in [5, 5.41) is 0. The minimum absolute atomic E-state index is 0.268. The molecular formula is C18H28BrN3O. The molecule has 4 nitrogen and oxygen atoms in total. The second-order valence-corrected chi connectivity index (χ2v) is 7.02. The van der Waals surface area contributed by atoms with Crippen LogP contribution in [0.25, 0.3) is 0 Å². The molecule has 1 saturated heterocycles. The van der Waals surface area contributed by atoms with Crippen LogP contribution in [-0.2, 0) is 4.79 Å². The maximum absolute atomic E-state index is 12.4. The second kappa shape index (κ2) is 8.81. The van der Waals surface area contributed by atoms with Gasteiger partial charge in [0.25, 0.3) is 0 Å². The maximum atomic E-state index is 12.4. The largest absolute Gasteiger partial charge is 0.339 e. The number of piperazine rings is 1. The van der Waals surface area contributed by atoms with Crippen LogP contribution in [-0.4, -0.2) is 66.4 Å². The van der Waals surface area contributed by atoms with Crippen molar-refractivity contribution in [3.8, 4) is 0 Å². The van der Waals surface area contributed by atoms with Crippen LogP contribution in [0.2, 0.25) is 0 Å². The van der Waals surface area contributed by atoms with Gasteiger partial charge in [0.1, 0.15) is 0 Å². The van der Waals surface area contributed by atoms with Gasteiger partial charge < -0.3 is 4.90 Å². The Morgan fingerprint density at radius 1 is 1.13 bits per heavy atom. The fourth-order valence-electron chi connectivity index (χ4n) is 3.05. The Balaban J connectivity index is 1.85. The van der Waals surface area contributed by atoms with Crippen LogP contribution in [0.4, 0.5) is 0 Å². The standard InChI is InChI=1S/C18H28BrN3O/c1-4-20(5-2)14-18(23)22-12-10-21(11-13-22)15(3)16-6-8-17(19)9-7-16/h6-9,15H,4-5,10-14H2,1-3H3. The highest BCUT2D eigenvalue weighted by Gasteiger charge is 2.25. The SMILES string of the molecule is CCN(CC)CC(=O)N1CCN(C(C)c2ccc(Br)cc2)CC1. The van der Waals surface area contributed by atoms with Crippen molar-refractivity contribution in [2.24, 2.45) is 0 Å². The fraction of sp³-hybridized carbons (Fsp3) is 0.611. The van der Waals surface area contributed by atoms with Crippen LogP contribution >= 0.6 is 15.9 Å². The predicted molar refractivity (Wildman–Crippen MR) is 98.5 cm³/mol. The van der Waals surface area contributed by atoms with Gasteiger partial charge in [-0.25, -0.2) is 0 Å². The molecule has 1 atom stereocenters. The number of carbonyl (C=O) groups is 1. The normalized spacial score (nSPS) is 17.5. The molecule has 1 unspecified atom stereocenters. The first kappa shape index (κ1) is 18.4. The molecule has 0 bridgehead atoms. The van der Waals surface area contributed by atoms with Crippen molar-refractivity contribution < 1.29 is 4.79 Å². The number of carbonyl (C=O) groups excluding carboxylic acids is 1. The summed E-state index contributed by atoms with van der Waals surface area (Å²) in [6.45, 7) is 12.4. The number of benzene rings is 1. The minimum Gasteiger partial charge on any atom is -0.339 e. The summed E-state index contributed by atoms with van der Waals surface area (Å²) in [4.78, 5) is 19.0. The smallest absolute Gasteiger partial charge is 0.236 e. The lowest BCUT2D eigenvalue weighted by Crippen LogP contribution is -2.51. The van der Waals surface area contributed by atoms with Gasteiger partial charge >= 0.3 is 0 Å². The lowest BCUT2D eigenvalue weighted by atomic mass is 10.1. The van der Waals surface area contributed by atoms with Crippen LogP contribution in [0.1, 0.15) is 32.4 Å². The van der Waals surface area contributed by atoms with Crippen LogP contribution in [0.15, 0.2) is 28.7 Å². The van der Waals surface area contributed by atoms with Gasteiger partial charge in [0, 0.05) is 36.7 Å². The van der Waals surface area contributed by atoms with Gasteiger partial charge in [0.15, 0.2) is 0 Å². The lowest BCUT2D eigenvalue weighted by molar-refractivity contribution is -0.134. The molecule has 0 N–H and O–H groups in total. The quantitative estimate of drug-likeness (QED) is 0.757. The molecule has 128 valence electrons. The number of amides is 1. The number of rotatable bonds is 6. The number of likely N-dealkylation sites (N-methyl/N-ethyl adjacent to an activating group) is 1. The van der Waals surface area contributed by atoms with E-state index in [-0.39, 0.29) is 5.91 Å². The molecule has 0 aromatic heterocycles. The molecule has 1 fully saturated rings. The predicted octanol–water partition coefficient (Wildman–Crippen LogP) is 3.00. The van der Waals surface area contributed by atoms with E-state index < -0.39 is 0 Å². The van der Waals surface area contributed by atoms with Gasteiger partial charge in [-0.2, -0.15) is 0 Å². The fourth-order valence-corrected chi connectivity index (χ4v) is 3.31. The average molecular weight is 382 g/mol. The Labute approximate surface area is 148 Å². The van der Waals surface area contributed by atoms with Crippen LogP contribution in [0.3, 0.4) is 0 Å². The molecule has 1 aromatic rings. The molecule has 23 heavy (non-hydrogen) atoms. The van der Waals surface area contributed by atoms with Crippen molar-refractivity contribution in [1.29, 1.82) is 0 Å². The highest BCUT2D eigenvalue weighted by Crippen LogP contribution is 2.23. The zero-order valence-corrected chi connectivity index (χ0v) is 16.1. The van der Waals surface area contributed by atoms with E-state index in [0.717, 1.165) is 43.7 Å². The molecule has 1 aliphatic heterocycles. The van der Waals surface area contributed by atoms with Crippen molar-refractivity contribution in [3.63, 3.8) is 0 Å². The van der Waals surface area contributed by atoms with Crippen molar-refractivity contribution in [3.05, 3.63) is 34.3 Å². The zero-order chi connectivity index (χ0) is 16.8. The van der Waals surface area contributed by atoms with Gasteiger partial charge in [0.05, 0.1) is 6.54 Å². The summed E-state index contributed by atoms with van der Waals surface area (Å²) in [6, 6.07) is 8.92. The summed E-state index contributed by atoms with van der Waals surface area (Å²) in [6.07, 6.45) is 0. The first-order valence-electron chi connectivity index (χ1n) is 8.54. The molecule has 0 spiro atoms. The van der Waals surface area contributed by atoms with E-state index in [1.54, 1.807) is 0 Å². The Bertz CT molecular complexity index is 493. The lowest BCUT2D eigenvalue weighted by Gasteiger charge is -2.38. The summed E-state index contributed by atoms with van der Waals surface area (Å²) in [5.74, 6) is 0.268. The van der Waals surface area contributed by atoms with E-state index in [9.17, 15) is 4.79 Å². The minimum atomic E-state index is 0.268. The summed E-state index contributed by atoms with van der Waals surface area (Å²) in [7, 11) is 0. The number of hydrogen-bond donors (Lipinski definition) is 0. The van der Waals surface area contributed by atoms with E-state index in [4.69, 9.17) is 0 Å². The highest BCUT2D eigenvalue weighted by molar-refractivity contribution is 9.10. The number of hydrogen-bond acceptors (Lipinski definition) is 3. The average Bonchev–Trinajstić information content (AvgIpc) is 2.59. The van der Waals surface area contributed by atoms with E-state index in [2.05, 4.69) is 70.8 Å². The Hall–Kier alpha value is -0.910. The summed E-state index contributed by atoms with van der Waals surface area (Å²) < 4.78 is 1.11. The Kier molecular flexibility index (Phi) is 7.06. The zero-order valence-electron chi connectivity index (χ0n) is 14.5. The molecular weight excluding hydrogens is 354 g/mol. The third-order valence-electron chi connectivity index (χ3n) is 4.82. The molecule has 0 aliphatic carbocycles. The van der Waals surface area contributed by atoms with Crippen LogP contribution in [0, 0.1) is 0 Å². The third kappa shape index (κ3) is 5.03. The van der Waals surface area contributed by atoms with Crippen LogP contribution in [0.5, 0.6) is 0 Å². The van der Waals surface area contributed by atoms with Gasteiger partial charge in [-0.3, -0.25) is 14.6 Å². The number of nitrogens with zero attached hydrogens (tertiary/aromatic N) is 3. The maximum Gasteiger partial charge on any atom is 0.236 e. The second-order valence-electron chi connectivity index (χ2n) is 6.11. The molecule has 1 aromatic carbocycles. The first-order chi connectivity index (χ1) is 11.0. The molecule has 5 heteroatoms. The van der Waals surface area contributed by atoms with Crippen molar-refractivity contribution >= 4 is 21.8 Å². The molecule has 2 rings (SSSR count). The van der Waals surface area contributed by atoms with E-state index in [1.165, 1.54) is 5.56 Å². The van der Waals surface area contributed by atoms with Gasteiger partial charge in [-0.1, -0.05) is 41.9 Å². The van der Waals surface area contributed by atoms with E-state index >= 15 is 0 Å². The molecule has 0 radical (unpaired) electrons. The van der Waals surface area contributed by atoms with Crippen molar-refractivity contribution in [2.75, 3.05) is 45.8 Å². The van der Waals surface area contributed by atoms with Gasteiger partial charge in [-0.05, 0) is 37.7 Å². The summed E-state index contributed by atoms with van der Waals surface area (Å²) in [5.41, 5.74) is 1.33. The molecule has 1 heterocycles. The topological polar surface area (TPSA) is 26.8 Å². The summed E-state index contributed by atoms with van der Waals surface area (Å²) >= 11 is 3.48. The first-order valence-corrected chi connectivity index (χ1v) is 9.34. The molecule has 0 saturated carbocycles. The highest BCUT2D eigenvalue weighted by atomic mass is 79.9. The van der Waals surface area contributed by atoms with Gasteiger partial charge in [-0.15, -0.1) is 0 Å². The van der Waals surface area contributed by atoms with Crippen molar-refractivity contribution in [2.45, 2.75) is 26.8 Å². The van der Waals surface area contributed by atoms with E-state index in [0.29, 0.717) is 12.6 Å². The monoisotopic (exact) mass is 381 g/mol.